The van der Waals surface area contributed by atoms with Crippen LogP contribution in [-0.2, 0) is 11.4 Å². The Morgan fingerprint density at radius 1 is 1.33 bits per heavy atom. The standard InChI is InChI=1S/C13H12ClN3O3S/c14-8-1-3-9(4-2-8)20-6-11-16-10(15)5-12(17-11)21-7-13(18)19/h1-5H,6-7H2,(H,18,19)(H2,15,16,17). The van der Waals surface area contributed by atoms with E-state index in [0.29, 0.717) is 21.6 Å². The third-order valence-corrected chi connectivity index (χ3v) is 3.44. The minimum atomic E-state index is -0.920. The van der Waals surface area contributed by atoms with Gasteiger partial charge >= 0.3 is 5.97 Å². The summed E-state index contributed by atoms with van der Waals surface area (Å²) in [5, 5.41) is 9.78. The lowest BCUT2D eigenvalue weighted by molar-refractivity contribution is -0.133. The van der Waals surface area contributed by atoms with E-state index in [1.54, 1.807) is 24.3 Å². The van der Waals surface area contributed by atoms with Gasteiger partial charge in [0, 0.05) is 11.1 Å². The minimum absolute atomic E-state index is 0.0894. The second kappa shape index (κ2) is 7.14. The van der Waals surface area contributed by atoms with Gasteiger partial charge in [0.05, 0.1) is 5.75 Å². The summed E-state index contributed by atoms with van der Waals surface area (Å²) in [5.41, 5.74) is 5.67. The number of aliphatic carboxylic acids is 1. The van der Waals surface area contributed by atoms with Crippen molar-refractivity contribution in [2.75, 3.05) is 11.5 Å². The molecule has 6 nitrogen and oxygen atoms in total. The molecule has 1 aromatic heterocycles. The molecule has 0 fully saturated rings. The first-order valence-electron chi connectivity index (χ1n) is 5.89. The number of carbonyl (C=O) groups is 1. The molecule has 0 atom stereocenters. The topological polar surface area (TPSA) is 98.3 Å². The second-order valence-electron chi connectivity index (χ2n) is 3.97. The fraction of sp³-hybridized carbons (Fsp3) is 0.154. The number of rotatable bonds is 6. The number of carboxylic acids is 1. The van der Waals surface area contributed by atoms with Crippen molar-refractivity contribution in [2.24, 2.45) is 0 Å². The van der Waals surface area contributed by atoms with Crippen molar-refractivity contribution in [3.63, 3.8) is 0 Å². The van der Waals surface area contributed by atoms with E-state index in [1.165, 1.54) is 6.07 Å². The van der Waals surface area contributed by atoms with E-state index in [4.69, 9.17) is 27.2 Å². The zero-order chi connectivity index (χ0) is 15.2. The van der Waals surface area contributed by atoms with Crippen LogP contribution in [0.1, 0.15) is 5.82 Å². The first kappa shape index (κ1) is 15.4. The molecule has 2 aromatic rings. The van der Waals surface area contributed by atoms with Crippen LogP contribution in [0.5, 0.6) is 5.75 Å². The second-order valence-corrected chi connectivity index (χ2v) is 5.40. The van der Waals surface area contributed by atoms with Crippen LogP contribution in [0.2, 0.25) is 5.02 Å². The van der Waals surface area contributed by atoms with Gasteiger partial charge in [-0.15, -0.1) is 0 Å². The summed E-state index contributed by atoms with van der Waals surface area (Å²) in [6, 6.07) is 8.42. The summed E-state index contributed by atoms with van der Waals surface area (Å²) >= 11 is 6.86. The van der Waals surface area contributed by atoms with Crippen LogP contribution >= 0.6 is 23.4 Å². The van der Waals surface area contributed by atoms with Crippen LogP contribution in [0.15, 0.2) is 35.4 Å². The molecule has 2 rings (SSSR count). The van der Waals surface area contributed by atoms with Gasteiger partial charge in [-0.05, 0) is 24.3 Å². The van der Waals surface area contributed by atoms with E-state index in [0.717, 1.165) is 11.8 Å². The average molecular weight is 326 g/mol. The first-order valence-corrected chi connectivity index (χ1v) is 7.25. The van der Waals surface area contributed by atoms with Gasteiger partial charge in [0.2, 0.25) is 0 Å². The quantitative estimate of drug-likeness (QED) is 0.621. The molecule has 21 heavy (non-hydrogen) atoms. The molecule has 0 aliphatic carbocycles. The number of benzene rings is 1. The number of hydrogen-bond acceptors (Lipinski definition) is 6. The zero-order valence-electron chi connectivity index (χ0n) is 10.8. The number of anilines is 1. The predicted molar refractivity (Wildman–Crippen MR) is 80.6 cm³/mol. The number of hydrogen-bond donors (Lipinski definition) is 2. The van der Waals surface area contributed by atoms with Crippen molar-refractivity contribution in [3.8, 4) is 5.75 Å². The van der Waals surface area contributed by atoms with Gasteiger partial charge in [0.25, 0.3) is 0 Å². The number of nitrogen functional groups attached to an aromatic ring is 1. The number of halogens is 1. The average Bonchev–Trinajstić information content (AvgIpc) is 2.44. The number of ether oxygens (including phenoxy) is 1. The molecular weight excluding hydrogens is 314 g/mol. The van der Waals surface area contributed by atoms with Crippen molar-refractivity contribution < 1.29 is 14.6 Å². The lowest BCUT2D eigenvalue weighted by Gasteiger charge is -2.07. The van der Waals surface area contributed by atoms with Crippen LogP contribution in [0.3, 0.4) is 0 Å². The number of thioether (sulfide) groups is 1. The predicted octanol–water partition coefficient (Wildman–Crippen LogP) is 2.47. The molecule has 8 heteroatoms. The van der Waals surface area contributed by atoms with Crippen molar-refractivity contribution in [1.29, 1.82) is 0 Å². The third kappa shape index (κ3) is 5.13. The fourth-order valence-electron chi connectivity index (χ4n) is 1.45. The molecule has 0 radical (unpaired) electrons. The maximum Gasteiger partial charge on any atom is 0.313 e. The van der Waals surface area contributed by atoms with Gasteiger partial charge in [-0.1, -0.05) is 23.4 Å². The van der Waals surface area contributed by atoms with E-state index in [-0.39, 0.29) is 18.2 Å². The first-order chi connectivity index (χ1) is 10.0. The number of carboxylic acid groups (broad SMARTS) is 1. The molecule has 1 aromatic carbocycles. The molecule has 1 heterocycles. The van der Waals surface area contributed by atoms with Crippen LogP contribution < -0.4 is 10.5 Å². The Labute approximate surface area is 130 Å². The van der Waals surface area contributed by atoms with E-state index in [2.05, 4.69) is 9.97 Å². The Morgan fingerprint density at radius 3 is 2.71 bits per heavy atom. The molecular formula is C13H12ClN3O3S. The van der Waals surface area contributed by atoms with E-state index in [1.807, 2.05) is 0 Å². The van der Waals surface area contributed by atoms with Crippen molar-refractivity contribution >= 4 is 35.1 Å². The maximum absolute atomic E-state index is 10.5. The van der Waals surface area contributed by atoms with E-state index >= 15 is 0 Å². The summed E-state index contributed by atoms with van der Waals surface area (Å²) in [7, 11) is 0. The van der Waals surface area contributed by atoms with Crippen molar-refractivity contribution in [3.05, 3.63) is 41.2 Å². The summed E-state index contributed by atoms with van der Waals surface area (Å²) < 4.78 is 5.52. The fourth-order valence-corrected chi connectivity index (χ4v) is 2.22. The highest BCUT2D eigenvalue weighted by molar-refractivity contribution is 7.99. The molecule has 0 bridgehead atoms. The van der Waals surface area contributed by atoms with E-state index < -0.39 is 5.97 Å². The third-order valence-electron chi connectivity index (χ3n) is 2.29. The molecule has 0 aliphatic heterocycles. The Morgan fingerprint density at radius 2 is 2.05 bits per heavy atom. The van der Waals surface area contributed by atoms with Crippen LogP contribution in [-0.4, -0.2) is 26.8 Å². The maximum atomic E-state index is 10.5. The highest BCUT2D eigenvalue weighted by Gasteiger charge is 2.07. The molecule has 0 saturated heterocycles. The highest BCUT2D eigenvalue weighted by Crippen LogP contribution is 2.19. The Balaban J connectivity index is 2.02. The summed E-state index contributed by atoms with van der Waals surface area (Å²) in [5.74, 6) is 0.278. The number of nitrogens with two attached hydrogens (primary N) is 1. The van der Waals surface area contributed by atoms with Gasteiger partial charge in [-0.2, -0.15) is 0 Å². The Hall–Kier alpha value is -1.99. The molecule has 0 saturated carbocycles. The van der Waals surface area contributed by atoms with Crippen molar-refractivity contribution in [1.82, 2.24) is 9.97 Å². The summed E-state index contributed by atoms with van der Waals surface area (Å²) in [4.78, 5) is 18.8. The largest absolute Gasteiger partial charge is 0.486 e. The molecule has 0 aliphatic rings. The minimum Gasteiger partial charge on any atom is -0.486 e. The van der Waals surface area contributed by atoms with Crippen LogP contribution in [0.4, 0.5) is 5.82 Å². The monoisotopic (exact) mass is 325 g/mol. The smallest absolute Gasteiger partial charge is 0.313 e. The zero-order valence-corrected chi connectivity index (χ0v) is 12.4. The molecule has 0 spiro atoms. The van der Waals surface area contributed by atoms with Gasteiger partial charge in [-0.25, -0.2) is 9.97 Å². The lowest BCUT2D eigenvalue weighted by Crippen LogP contribution is -2.06. The summed E-state index contributed by atoms with van der Waals surface area (Å²) in [6.07, 6.45) is 0. The molecule has 3 N–H and O–H groups in total. The number of nitrogens with zero attached hydrogens (tertiary/aromatic N) is 2. The van der Waals surface area contributed by atoms with Gasteiger partial charge in [0.15, 0.2) is 5.82 Å². The molecule has 110 valence electrons. The van der Waals surface area contributed by atoms with Gasteiger partial charge in [0.1, 0.15) is 23.2 Å². The lowest BCUT2D eigenvalue weighted by atomic mass is 10.3. The summed E-state index contributed by atoms with van der Waals surface area (Å²) in [6.45, 7) is 0.132. The van der Waals surface area contributed by atoms with Gasteiger partial charge in [-0.3, -0.25) is 4.79 Å². The highest BCUT2D eigenvalue weighted by atomic mass is 35.5. The Kier molecular flexibility index (Phi) is 5.24. The van der Waals surface area contributed by atoms with Crippen LogP contribution in [0, 0.1) is 0 Å². The van der Waals surface area contributed by atoms with E-state index in [9.17, 15) is 4.79 Å². The molecule has 0 amide bonds. The SMILES string of the molecule is Nc1cc(SCC(=O)O)nc(COc2ccc(Cl)cc2)n1. The normalized spacial score (nSPS) is 10.3. The Bertz CT molecular complexity index is 637. The van der Waals surface area contributed by atoms with Crippen LogP contribution in [0.25, 0.3) is 0 Å². The van der Waals surface area contributed by atoms with Crippen molar-refractivity contribution in [2.45, 2.75) is 11.6 Å². The molecule has 0 unspecified atom stereocenters. The number of aromatic nitrogens is 2. The van der Waals surface area contributed by atoms with Gasteiger partial charge < -0.3 is 15.6 Å².